The molecule has 1 aromatic carbocycles. The molecule has 0 fully saturated rings. The van der Waals surface area contributed by atoms with Crippen molar-refractivity contribution in [1.29, 1.82) is 0 Å². The first-order valence-electron chi connectivity index (χ1n) is 7.74. The minimum atomic E-state index is -0.833. The number of primary amides is 1. The standard InChI is InChI=1S/C12H10N4O.C3H7NO2.C2H4O2/c1-16-6-14-9-10(12(13)17)15-8-5-3-2-4-7(8)11(9)16;1-4-2-3(5)6;1-2(3)4/h2-6H,1H3,(H2,13,17);4H,2H2,1H3,(H,5,6);1H3,(H,3,4). The van der Waals surface area contributed by atoms with Crippen molar-refractivity contribution in [1.82, 2.24) is 19.9 Å². The van der Waals surface area contributed by atoms with Gasteiger partial charge in [-0.05, 0) is 13.1 Å². The summed E-state index contributed by atoms with van der Waals surface area (Å²) >= 11 is 0. The first kappa shape index (κ1) is 21.5. The molecule has 27 heavy (non-hydrogen) atoms. The molecule has 2 heterocycles. The van der Waals surface area contributed by atoms with Gasteiger partial charge in [-0.25, -0.2) is 9.97 Å². The van der Waals surface area contributed by atoms with E-state index in [0.717, 1.165) is 23.3 Å². The van der Waals surface area contributed by atoms with Crippen molar-refractivity contribution in [2.45, 2.75) is 6.92 Å². The minimum Gasteiger partial charge on any atom is -0.481 e. The Morgan fingerprint density at radius 2 is 1.81 bits per heavy atom. The Morgan fingerprint density at radius 3 is 2.30 bits per heavy atom. The number of carbonyl (C=O) groups excluding carboxylic acids is 1. The zero-order chi connectivity index (χ0) is 20.6. The average Bonchev–Trinajstić information content (AvgIpc) is 2.96. The molecule has 0 saturated carbocycles. The lowest BCUT2D eigenvalue weighted by Crippen LogP contribution is -2.16. The van der Waals surface area contributed by atoms with Crippen LogP contribution in [0, 0.1) is 0 Å². The van der Waals surface area contributed by atoms with Gasteiger partial charge < -0.3 is 25.8 Å². The van der Waals surface area contributed by atoms with E-state index in [1.165, 1.54) is 0 Å². The fraction of sp³-hybridized carbons (Fsp3) is 0.235. The highest BCUT2D eigenvalue weighted by Crippen LogP contribution is 2.24. The molecular weight excluding hydrogens is 354 g/mol. The van der Waals surface area contributed by atoms with Gasteiger partial charge in [-0.1, -0.05) is 18.2 Å². The minimum absolute atomic E-state index is 0.0417. The predicted molar refractivity (Wildman–Crippen MR) is 99.4 cm³/mol. The second kappa shape index (κ2) is 9.82. The Hall–Kier alpha value is -3.53. The first-order chi connectivity index (χ1) is 12.7. The third-order valence-electron chi connectivity index (χ3n) is 3.11. The van der Waals surface area contributed by atoms with Gasteiger partial charge in [0.25, 0.3) is 11.9 Å². The molecule has 0 bridgehead atoms. The Balaban J connectivity index is 0.000000306. The molecular formula is C17H21N5O5. The number of imidazole rings is 1. The largest absolute Gasteiger partial charge is 0.481 e. The molecule has 10 heteroatoms. The molecule has 144 valence electrons. The zero-order valence-electron chi connectivity index (χ0n) is 15.1. The molecule has 0 atom stereocenters. The summed E-state index contributed by atoms with van der Waals surface area (Å²) in [5.74, 6) is -2.21. The summed E-state index contributed by atoms with van der Waals surface area (Å²) in [6, 6.07) is 7.62. The van der Waals surface area contributed by atoms with Crippen molar-refractivity contribution in [3.05, 3.63) is 36.3 Å². The number of carbonyl (C=O) groups is 3. The van der Waals surface area contributed by atoms with Gasteiger partial charge in [0.1, 0.15) is 5.52 Å². The van der Waals surface area contributed by atoms with E-state index in [2.05, 4.69) is 15.3 Å². The second-order valence-corrected chi connectivity index (χ2v) is 5.34. The molecule has 0 spiro atoms. The number of aryl methyl sites for hydroxylation is 1. The number of hydrogen-bond acceptors (Lipinski definition) is 6. The molecule has 0 unspecified atom stereocenters. The Kier molecular flexibility index (Phi) is 7.83. The van der Waals surface area contributed by atoms with Gasteiger partial charge in [0.15, 0.2) is 5.69 Å². The molecule has 3 aromatic rings. The lowest BCUT2D eigenvalue weighted by Gasteiger charge is -2.04. The number of amides is 1. The van der Waals surface area contributed by atoms with Gasteiger partial charge in [-0.2, -0.15) is 0 Å². The monoisotopic (exact) mass is 375 g/mol. The normalized spacial score (nSPS) is 9.74. The zero-order valence-corrected chi connectivity index (χ0v) is 15.1. The lowest BCUT2D eigenvalue weighted by molar-refractivity contribution is -0.136. The van der Waals surface area contributed by atoms with Gasteiger partial charge in [0.05, 0.1) is 23.9 Å². The van der Waals surface area contributed by atoms with Crippen LogP contribution in [0.1, 0.15) is 17.4 Å². The maximum atomic E-state index is 11.4. The van der Waals surface area contributed by atoms with E-state index in [4.69, 9.17) is 20.7 Å². The Labute approximate surface area is 154 Å². The van der Waals surface area contributed by atoms with Crippen LogP contribution in [-0.2, 0) is 16.6 Å². The Morgan fingerprint density at radius 1 is 1.22 bits per heavy atom. The van der Waals surface area contributed by atoms with Gasteiger partial charge in [-0.3, -0.25) is 14.4 Å². The number of nitrogens with one attached hydrogen (secondary N) is 1. The van der Waals surface area contributed by atoms with Gasteiger partial charge >= 0.3 is 5.97 Å². The number of carboxylic acid groups (broad SMARTS) is 2. The molecule has 5 N–H and O–H groups in total. The van der Waals surface area contributed by atoms with Crippen LogP contribution < -0.4 is 11.1 Å². The number of carboxylic acids is 2. The summed E-state index contributed by atoms with van der Waals surface area (Å²) in [5, 5.41) is 18.7. The number of aromatic nitrogens is 3. The van der Waals surface area contributed by atoms with Crippen LogP contribution in [-0.4, -0.2) is 56.2 Å². The van der Waals surface area contributed by atoms with E-state index >= 15 is 0 Å². The van der Waals surface area contributed by atoms with E-state index in [1.807, 2.05) is 35.9 Å². The van der Waals surface area contributed by atoms with Crippen molar-refractivity contribution < 1.29 is 24.6 Å². The molecule has 0 aliphatic carbocycles. The van der Waals surface area contributed by atoms with Crippen molar-refractivity contribution in [3.63, 3.8) is 0 Å². The number of nitrogens with two attached hydrogens (primary N) is 1. The van der Waals surface area contributed by atoms with Crippen LogP contribution in [0.3, 0.4) is 0 Å². The number of nitrogens with zero attached hydrogens (tertiary/aromatic N) is 3. The van der Waals surface area contributed by atoms with Crippen LogP contribution in [0.5, 0.6) is 0 Å². The maximum Gasteiger partial charge on any atom is 0.317 e. The molecule has 0 saturated heterocycles. The third-order valence-corrected chi connectivity index (χ3v) is 3.11. The molecule has 0 aliphatic heterocycles. The second-order valence-electron chi connectivity index (χ2n) is 5.34. The average molecular weight is 375 g/mol. The third kappa shape index (κ3) is 6.04. The van der Waals surface area contributed by atoms with Crippen molar-refractivity contribution in [2.24, 2.45) is 12.8 Å². The molecule has 10 nitrogen and oxygen atoms in total. The van der Waals surface area contributed by atoms with Crippen LogP contribution in [0.25, 0.3) is 21.9 Å². The number of likely N-dealkylation sites (N-methyl/N-ethyl adjacent to an activating group) is 1. The summed E-state index contributed by atoms with van der Waals surface area (Å²) in [7, 11) is 3.47. The number of aliphatic carboxylic acids is 2. The quantitative estimate of drug-likeness (QED) is 0.517. The molecule has 0 radical (unpaired) electrons. The summed E-state index contributed by atoms with van der Waals surface area (Å²) < 4.78 is 1.87. The van der Waals surface area contributed by atoms with Crippen LogP contribution in [0.15, 0.2) is 30.6 Å². The number of fused-ring (bicyclic) bond motifs is 3. The van der Waals surface area contributed by atoms with Crippen molar-refractivity contribution >= 4 is 39.8 Å². The SMILES string of the molecule is CC(=O)O.CNCC(=O)O.Cn1cnc2c(C(N)=O)nc3ccccc3c21. The van der Waals surface area contributed by atoms with E-state index in [0.29, 0.717) is 5.52 Å². The van der Waals surface area contributed by atoms with Gasteiger partial charge in [-0.15, -0.1) is 0 Å². The highest BCUT2D eigenvalue weighted by atomic mass is 16.4. The first-order valence-corrected chi connectivity index (χ1v) is 7.74. The fourth-order valence-electron chi connectivity index (χ4n) is 2.19. The van der Waals surface area contributed by atoms with E-state index in [9.17, 15) is 9.59 Å². The van der Waals surface area contributed by atoms with Gasteiger partial charge in [0, 0.05) is 19.4 Å². The number of hydrogen-bond donors (Lipinski definition) is 4. The van der Waals surface area contributed by atoms with Gasteiger partial charge in [0.2, 0.25) is 0 Å². The summed E-state index contributed by atoms with van der Waals surface area (Å²) in [6.45, 7) is 1.12. The van der Waals surface area contributed by atoms with Crippen LogP contribution in [0.4, 0.5) is 0 Å². The summed E-state index contributed by atoms with van der Waals surface area (Å²) in [4.78, 5) is 38.4. The van der Waals surface area contributed by atoms with Crippen LogP contribution >= 0.6 is 0 Å². The van der Waals surface area contributed by atoms with E-state index < -0.39 is 17.8 Å². The number of rotatable bonds is 3. The number of benzene rings is 1. The van der Waals surface area contributed by atoms with Crippen molar-refractivity contribution in [3.8, 4) is 0 Å². The molecule has 0 aliphatic rings. The smallest absolute Gasteiger partial charge is 0.317 e. The lowest BCUT2D eigenvalue weighted by atomic mass is 10.1. The molecule has 1 amide bonds. The van der Waals surface area contributed by atoms with E-state index in [-0.39, 0.29) is 12.2 Å². The predicted octanol–water partition coefficient (Wildman–Crippen LogP) is 0.602. The molecule has 3 rings (SSSR count). The fourth-order valence-corrected chi connectivity index (χ4v) is 2.19. The highest BCUT2D eigenvalue weighted by Gasteiger charge is 2.15. The highest BCUT2D eigenvalue weighted by molar-refractivity contribution is 6.11. The number of para-hydroxylation sites is 1. The molecule has 2 aromatic heterocycles. The van der Waals surface area contributed by atoms with Crippen LogP contribution in [0.2, 0.25) is 0 Å². The summed E-state index contributed by atoms with van der Waals surface area (Å²) in [5.41, 5.74) is 7.73. The topological polar surface area (TPSA) is 160 Å². The van der Waals surface area contributed by atoms with Crippen molar-refractivity contribution in [2.75, 3.05) is 13.6 Å². The number of pyridine rings is 1. The maximum absolute atomic E-state index is 11.4. The van der Waals surface area contributed by atoms with E-state index in [1.54, 1.807) is 13.4 Å². The summed E-state index contributed by atoms with van der Waals surface area (Å²) in [6.07, 6.45) is 1.66. The Bertz CT molecular complexity index is 963.